The summed E-state index contributed by atoms with van der Waals surface area (Å²) in [7, 11) is 0. The second-order valence-electron chi connectivity index (χ2n) is 3.65. The molecular weight excluding hydrogens is 150 g/mol. The normalized spacial score (nSPS) is 20.4. The molecule has 1 saturated carbocycles. The third kappa shape index (κ3) is 1.53. The van der Waals surface area contributed by atoms with Gasteiger partial charge in [0, 0.05) is 0 Å². The van der Waals surface area contributed by atoms with Crippen LogP contribution in [0.2, 0.25) is 0 Å². The summed E-state index contributed by atoms with van der Waals surface area (Å²) < 4.78 is 5.24. The molecule has 1 atom stereocenters. The Kier molecular flexibility index (Phi) is 2.17. The molecule has 0 aliphatic heterocycles. The van der Waals surface area contributed by atoms with Gasteiger partial charge < -0.3 is 10.2 Å². The third-order valence-corrected chi connectivity index (χ3v) is 2.72. The van der Waals surface area contributed by atoms with E-state index in [4.69, 9.17) is 10.2 Å². The summed E-state index contributed by atoms with van der Waals surface area (Å²) in [6.45, 7) is 0. The van der Waals surface area contributed by atoms with E-state index in [9.17, 15) is 0 Å². The second-order valence-corrected chi connectivity index (χ2v) is 3.65. The van der Waals surface area contributed by atoms with Crippen molar-refractivity contribution >= 4 is 0 Å². The molecule has 2 N–H and O–H groups in total. The Bertz CT molecular complexity index is 226. The number of nitrogens with two attached hydrogens (primary N) is 1. The fraction of sp³-hybridized carbons (Fsp3) is 0.600. The van der Waals surface area contributed by atoms with Crippen molar-refractivity contribution in [3.8, 4) is 0 Å². The molecule has 0 saturated heterocycles. The van der Waals surface area contributed by atoms with Crippen molar-refractivity contribution in [1.82, 2.24) is 0 Å². The molecule has 0 spiro atoms. The molecule has 0 aromatic carbocycles. The van der Waals surface area contributed by atoms with Crippen molar-refractivity contribution in [2.24, 2.45) is 11.7 Å². The Balaban J connectivity index is 1.87. The summed E-state index contributed by atoms with van der Waals surface area (Å²) in [5.74, 6) is 1.78. The zero-order valence-electron chi connectivity index (χ0n) is 7.20. The van der Waals surface area contributed by atoms with Gasteiger partial charge in [0.05, 0.1) is 12.3 Å². The van der Waals surface area contributed by atoms with Gasteiger partial charge in [0.25, 0.3) is 0 Å². The first kappa shape index (κ1) is 7.87. The van der Waals surface area contributed by atoms with Gasteiger partial charge in [0.1, 0.15) is 5.76 Å². The first-order valence-corrected chi connectivity index (χ1v) is 4.65. The molecule has 1 heterocycles. The van der Waals surface area contributed by atoms with E-state index in [2.05, 4.69) is 0 Å². The molecular formula is C10H15NO. The molecule has 1 aromatic rings. The summed E-state index contributed by atoms with van der Waals surface area (Å²) in [5.41, 5.74) is 5.96. The average molecular weight is 165 g/mol. The van der Waals surface area contributed by atoms with Crippen LogP contribution < -0.4 is 5.73 Å². The van der Waals surface area contributed by atoms with Crippen LogP contribution in [-0.2, 0) is 0 Å². The van der Waals surface area contributed by atoms with Gasteiger partial charge in [-0.2, -0.15) is 0 Å². The maximum Gasteiger partial charge on any atom is 0.120 e. The quantitative estimate of drug-likeness (QED) is 0.747. The minimum absolute atomic E-state index is 0.116. The first-order chi connectivity index (χ1) is 5.86. The van der Waals surface area contributed by atoms with Gasteiger partial charge in [0.2, 0.25) is 0 Å². The van der Waals surface area contributed by atoms with Crippen molar-refractivity contribution in [2.75, 3.05) is 0 Å². The molecule has 1 aliphatic carbocycles. The zero-order valence-corrected chi connectivity index (χ0v) is 7.20. The van der Waals surface area contributed by atoms with Crippen LogP contribution in [-0.4, -0.2) is 0 Å². The van der Waals surface area contributed by atoms with Gasteiger partial charge >= 0.3 is 0 Å². The summed E-state index contributed by atoms with van der Waals surface area (Å²) in [5, 5.41) is 0. The molecule has 12 heavy (non-hydrogen) atoms. The van der Waals surface area contributed by atoms with E-state index in [0.717, 1.165) is 18.1 Å². The molecule has 1 fully saturated rings. The molecule has 66 valence electrons. The molecule has 1 aliphatic rings. The van der Waals surface area contributed by atoms with Crippen molar-refractivity contribution in [3.63, 3.8) is 0 Å². The highest BCUT2D eigenvalue weighted by Crippen LogP contribution is 2.33. The monoisotopic (exact) mass is 165 g/mol. The molecule has 2 rings (SSSR count). The van der Waals surface area contributed by atoms with E-state index in [0.29, 0.717) is 0 Å². The van der Waals surface area contributed by atoms with E-state index in [1.54, 1.807) is 6.26 Å². The molecule has 2 nitrogen and oxygen atoms in total. The minimum Gasteiger partial charge on any atom is -0.468 e. The van der Waals surface area contributed by atoms with Crippen LogP contribution in [0.5, 0.6) is 0 Å². The van der Waals surface area contributed by atoms with Crippen LogP contribution in [0.3, 0.4) is 0 Å². The maximum absolute atomic E-state index is 5.96. The predicted octanol–water partition coefficient (Wildman–Crippen LogP) is 2.47. The Hall–Kier alpha value is -0.760. The molecule has 0 amide bonds. The lowest BCUT2D eigenvalue weighted by molar-refractivity contribution is 0.266. The smallest absolute Gasteiger partial charge is 0.120 e. The fourth-order valence-corrected chi connectivity index (χ4v) is 1.71. The van der Waals surface area contributed by atoms with Gasteiger partial charge in [-0.3, -0.25) is 0 Å². The van der Waals surface area contributed by atoms with Crippen molar-refractivity contribution in [1.29, 1.82) is 0 Å². The number of furan rings is 1. The Morgan fingerprint density at radius 1 is 1.58 bits per heavy atom. The van der Waals surface area contributed by atoms with Crippen molar-refractivity contribution in [2.45, 2.75) is 31.7 Å². The van der Waals surface area contributed by atoms with E-state index < -0.39 is 0 Å². The van der Waals surface area contributed by atoms with Gasteiger partial charge in [-0.15, -0.1) is 0 Å². The lowest BCUT2D eigenvalue weighted by Crippen LogP contribution is -2.19. The highest BCUT2D eigenvalue weighted by atomic mass is 16.3. The second kappa shape index (κ2) is 3.31. The number of hydrogen-bond acceptors (Lipinski definition) is 2. The van der Waals surface area contributed by atoms with Gasteiger partial charge in [-0.05, 0) is 24.5 Å². The van der Waals surface area contributed by atoms with Gasteiger partial charge in [0.15, 0.2) is 0 Å². The summed E-state index contributed by atoms with van der Waals surface area (Å²) >= 11 is 0. The molecule has 0 bridgehead atoms. The number of rotatable bonds is 3. The Labute approximate surface area is 72.7 Å². The topological polar surface area (TPSA) is 39.2 Å². The lowest BCUT2D eigenvalue weighted by Gasteiger charge is -2.27. The molecule has 0 radical (unpaired) electrons. The van der Waals surface area contributed by atoms with Gasteiger partial charge in [-0.1, -0.05) is 19.3 Å². The highest BCUT2D eigenvalue weighted by Gasteiger charge is 2.21. The Morgan fingerprint density at radius 3 is 2.92 bits per heavy atom. The standard InChI is InChI=1S/C10H15NO/c11-9(7-8-3-1-4-8)10-5-2-6-12-10/h2,5-6,8-9H,1,3-4,7,11H2. The highest BCUT2D eigenvalue weighted by molar-refractivity contribution is 5.03. The van der Waals surface area contributed by atoms with Crippen LogP contribution in [0.15, 0.2) is 22.8 Å². The first-order valence-electron chi connectivity index (χ1n) is 4.65. The zero-order chi connectivity index (χ0) is 8.39. The average Bonchev–Trinajstić information content (AvgIpc) is 2.47. The number of hydrogen-bond donors (Lipinski definition) is 1. The predicted molar refractivity (Wildman–Crippen MR) is 47.6 cm³/mol. The van der Waals surface area contributed by atoms with E-state index in [1.165, 1.54) is 19.3 Å². The summed E-state index contributed by atoms with van der Waals surface area (Å²) in [6, 6.07) is 3.98. The fourth-order valence-electron chi connectivity index (χ4n) is 1.71. The maximum atomic E-state index is 5.96. The van der Waals surface area contributed by atoms with Crippen molar-refractivity contribution < 1.29 is 4.42 Å². The SMILES string of the molecule is NC(CC1CCC1)c1ccco1. The lowest BCUT2D eigenvalue weighted by atomic mass is 9.80. The molecule has 2 heteroatoms. The van der Waals surface area contributed by atoms with E-state index in [1.807, 2.05) is 12.1 Å². The van der Waals surface area contributed by atoms with Crippen LogP contribution in [0, 0.1) is 5.92 Å². The Morgan fingerprint density at radius 2 is 2.42 bits per heavy atom. The van der Waals surface area contributed by atoms with Crippen LogP contribution in [0.4, 0.5) is 0 Å². The van der Waals surface area contributed by atoms with Crippen LogP contribution >= 0.6 is 0 Å². The van der Waals surface area contributed by atoms with Crippen molar-refractivity contribution in [3.05, 3.63) is 24.2 Å². The summed E-state index contributed by atoms with van der Waals surface area (Å²) in [6.07, 6.45) is 6.88. The largest absolute Gasteiger partial charge is 0.468 e. The molecule has 1 unspecified atom stereocenters. The van der Waals surface area contributed by atoms with Gasteiger partial charge in [-0.25, -0.2) is 0 Å². The van der Waals surface area contributed by atoms with E-state index >= 15 is 0 Å². The van der Waals surface area contributed by atoms with Crippen LogP contribution in [0.1, 0.15) is 37.5 Å². The van der Waals surface area contributed by atoms with E-state index in [-0.39, 0.29) is 6.04 Å². The minimum atomic E-state index is 0.116. The third-order valence-electron chi connectivity index (χ3n) is 2.72. The molecule has 1 aromatic heterocycles. The van der Waals surface area contributed by atoms with Crippen LogP contribution in [0.25, 0.3) is 0 Å². The summed E-state index contributed by atoms with van der Waals surface area (Å²) in [4.78, 5) is 0.